The topological polar surface area (TPSA) is 70.0 Å². The third kappa shape index (κ3) is 4.87. The van der Waals surface area contributed by atoms with Crippen molar-refractivity contribution in [2.24, 2.45) is 0 Å². The Morgan fingerprint density at radius 1 is 1.06 bits per heavy atom. The first kappa shape index (κ1) is 22.5. The van der Waals surface area contributed by atoms with E-state index in [0.717, 1.165) is 28.6 Å². The molecule has 7 nitrogen and oxygen atoms in total. The molecule has 7 heteroatoms. The molecule has 33 heavy (non-hydrogen) atoms. The van der Waals surface area contributed by atoms with E-state index < -0.39 is 5.97 Å². The van der Waals surface area contributed by atoms with Gasteiger partial charge in [0.25, 0.3) is 0 Å². The summed E-state index contributed by atoms with van der Waals surface area (Å²) in [4.78, 5) is 27.2. The van der Waals surface area contributed by atoms with Crippen LogP contribution in [0.15, 0.2) is 54.6 Å². The maximum Gasteiger partial charge on any atom is 0.338 e. The number of para-hydroxylation sites is 2. The number of Topliss-reactive ketones (excluding diaryl/α,β-unsaturated/α-hetero) is 1. The highest BCUT2D eigenvalue weighted by Gasteiger charge is 2.24. The molecule has 1 aromatic heterocycles. The van der Waals surface area contributed by atoms with Gasteiger partial charge in [-0.25, -0.2) is 4.79 Å². The number of benzene rings is 2. The van der Waals surface area contributed by atoms with E-state index >= 15 is 0 Å². The first-order chi connectivity index (χ1) is 15.8. The zero-order valence-electron chi connectivity index (χ0n) is 19.3. The lowest BCUT2D eigenvalue weighted by atomic mass is 10.1. The zero-order chi connectivity index (χ0) is 23.5. The predicted octanol–water partition coefficient (Wildman–Crippen LogP) is 4.05. The summed E-state index contributed by atoms with van der Waals surface area (Å²) in [5, 5.41) is 0. The number of aryl methyl sites for hydroxylation is 1. The largest absolute Gasteiger partial charge is 0.486 e. The highest BCUT2D eigenvalue weighted by atomic mass is 16.6. The fraction of sp³-hybridized carbons (Fsp3) is 0.308. The monoisotopic (exact) mass is 448 g/mol. The minimum Gasteiger partial charge on any atom is -0.486 e. The minimum atomic E-state index is -0.521. The number of ketones is 1. The number of carbonyl (C=O) groups is 2. The highest BCUT2D eigenvalue weighted by molar-refractivity contribution is 6.00. The van der Waals surface area contributed by atoms with Gasteiger partial charge >= 0.3 is 5.97 Å². The third-order valence-electron chi connectivity index (χ3n) is 5.76. The Hall–Kier alpha value is -3.74. The van der Waals surface area contributed by atoms with Gasteiger partial charge in [-0.1, -0.05) is 18.2 Å². The molecule has 0 saturated heterocycles. The van der Waals surface area contributed by atoms with Crippen LogP contribution < -0.4 is 14.4 Å². The van der Waals surface area contributed by atoms with Crippen LogP contribution in [0.5, 0.6) is 11.5 Å². The SMILES string of the molecule is Cc1cc(C(=O)COC(=O)c2cccc(N(C)C)c2)c(C)n1CC1COc2ccccc2O1. The van der Waals surface area contributed by atoms with E-state index in [1.54, 1.807) is 18.2 Å². The Kier molecular flexibility index (Phi) is 6.40. The molecule has 1 aliphatic rings. The second-order valence-corrected chi connectivity index (χ2v) is 8.34. The summed E-state index contributed by atoms with van der Waals surface area (Å²) in [5.41, 5.74) is 3.58. The van der Waals surface area contributed by atoms with Crippen molar-refractivity contribution in [2.45, 2.75) is 26.5 Å². The molecule has 3 aromatic rings. The number of rotatable bonds is 7. The smallest absolute Gasteiger partial charge is 0.338 e. The molecule has 0 amide bonds. The zero-order valence-corrected chi connectivity index (χ0v) is 19.3. The number of hydrogen-bond acceptors (Lipinski definition) is 6. The van der Waals surface area contributed by atoms with E-state index in [4.69, 9.17) is 14.2 Å². The predicted molar refractivity (Wildman–Crippen MR) is 126 cm³/mol. The Morgan fingerprint density at radius 3 is 2.58 bits per heavy atom. The van der Waals surface area contributed by atoms with Crippen molar-refractivity contribution in [2.75, 3.05) is 32.2 Å². The van der Waals surface area contributed by atoms with Crippen LogP contribution in [0.3, 0.4) is 0 Å². The third-order valence-corrected chi connectivity index (χ3v) is 5.76. The minimum absolute atomic E-state index is 0.172. The van der Waals surface area contributed by atoms with Crippen LogP contribution in [0.2, 0.25) is 0 Å². The molecule has 1 atom stereocenters. The molecule has 0 bridgehead atoms. The molecule has 0 spiro atoms. The van der Waals surface area contributed by atoms with Gasteiger partial charge in [-0.3, -0.25) is 4.79 Å². The summed E-state index contributed by atoms with van der Waals surface area (Å²) in [5.74, 6) is 0.700. The van der Waals surface area contributed by atoms with Gasteiger partial charge in [0.2, 0.25) is 5.78 Å². The van der Waals surface area contributed by atoms with Crippen LogP contribution in [-0.4, -0.2) is 49.7 Å². The average Bonchev–Trinajstić information content (AvgIpc) is 3.10. The average molecular weight is 449 g/mol. The lowest BCUT2D eigenvalue weighted by Gasteiger charge is -2.27. The van der Waals surface area contributed by atoms with Crippen LogP contribution in [0.25, 0.3) is 0 Å². The van der Waals surface area contributed by atoms with Crippen LogP contribution in [0.4, 0.5) is 5.69 Å². The van der Waals surface area contributed by atoms with Crippen molar-refractivity contribution in [1.29, 1.82) is 0 Å². The molecule has 2 heterocycles. The lowest BCUT2D eigenvalue weighted by molar-refractivity contribution is 0.0474. The fourth-order valence-corrected chi connectivity index (χ4v) is 3.92. The molecular formula is C26H28N2O5. The van der Waals surface area contributed by atoms with Crippen molar-refractivity contribution in [3.8, 4) is 11.5 Å². The molecule has 0 aliphatic carbocycles. The van der Waals surface area contributed by atoms with Crippen molar-refractivity contribution in [3.63, 3.8) is 0 Å². The van der Waals surface area contributed by atoms with Crippen LogP contribution >= 0.6 is 0 Å². The lowest BCUT2D eigenvalue weighted by Crippen LogP contribution is -2.33. The summed E-state index contributed by atoms with van der Waals surface area (Å²) in [7, 11) is 3.79. The van der Waals surface area contributed by atoms with Gasteiger partial charge in [0, 0.05) is 36.7 Å². The van der Waals surface area contributed by atoms with Crippen LogP contribution in [-0.2, 0) is 11.3 Å². The van der Waals surface area contributed by atoms with E-state index in [2.05, 4.69) is 0 Å². The number of hydrogen-bond donors (Lipinski definition) is 0. The summed E-state index contributed by atoms with van der Waals surface area (Å²) in [6, 6.07) is 16.5. The second kappa shape index (κ2) is 9.40. The van der Waals surface area contributed by atoms with Crippen molar-refractivity contribution >= 4 is 17.4 Å². The van der Waals surface area contributed by atoms with E-state index in [0.29, 0.717) is 24.3 Å². The van der Waals surface area contributed by atoms with Crippen molar-refractivity contribution < 1.29 is 23.8 Å². The van der Waals surface area contributed by atoms with Gasteiger partial charge < -0.3 is 23.7 Å². The fourth-order valence-electron chi connectivity index (χ4n) is 3.92. The Labute approximate surface area is 193 Å². The van der Waals surface area contributed by atoms with Crippen LogP contribution in [0, 0.1) is 13.8 Å². The first-order valence-electron chi connectivity index (χ1n) is 10.9. The van der Waals surface area contributed by atoms with E-state index in [1.807, 2.05) is 73.8 Å². The molecule has 0 fully saturated rings. The molecule has 0 N–H and O–H groups in total. The quantitative estimate of drug-likeness (QED) is 0.401. The molecule has 0 radical (unpaired) electrons. The number of nitrogens with zero attached hydrogens (tertiary/aromatic N) is 2. The van der Waals surface area contributed by atoms with Gasteiger partial charge in [0.15, 0.2) is 24.2 Å². The van der Waals surface area contributed by atoms with Crippen molar-refractivity contribution in [1.82, 2.24) is 4.57 Å². The van der Waals surface area contributed by atoms with E-state index in [1.165, 1.54) is 0 Å². The molecule has 1 unspecified atom stereocenters. The van der Waals surface area contributed by atoms with Crippen LogP contribution in [0.1, 0.15) is 32.1 Å². The number of anilines is 1. The molecule has 172 valence electrons. The van der Waals surface area contributed by atoms with Gasteiger partial charge in [0.05, 0.1) is 12.1 Å². The maximum atomic E-state index is 12.8. The molecule has 0 saturated carbocycles. The van der Waals surface area contributed by atoms with Gasteiger partial charge in [-0.05, 0) is 50.2 Å². The number of ether oxygens (including phenoxy) is 3. The summed E-state index contributed by atoms with van der Waals surface area (Å²) in [6.45, 7) is 4.50. The highest BCUT2D eigenvalue weighted by Crippen LogP contribution is 2.31. The molecule has 4 rings (SSSR count). The van der Waals surface area contributed by atoms with Gasteiger partial charge in [-0.15, -0.1) is 0 Å². The van der Waals surface area contributed by atoms with Crippen molar-refractivity contribution in [3.05, 3.63) is 77.1 Å². The number of aromatic nitrogens is 1. The first-order valence-corrected chi connectivity index (χ1v) is 10.9. The van der Waals surface area contributed by atoms with Gasteiger partial charge in [0.1, 0.15) is 6.61 Å². The molecule has 2 aromatic carbocycles. The van der Waals surface area contributed by atoms with Gasteiger partial charge in [-0.2, -0.15) is 0 Å². The number of carbonyl (C=O) groups excluding carboxylic acids is 2. The number of fused-ring (bicyclic) bond motifs is 1. The summed E-state index contributed by atoms with van der Waals surface area (Å²) >= 11 is 0. The Bertz CT molecular complexity index is 1180. The van der Waals surface area contributed by atoms with E-state index in [-0.39, 0.29) is 18.5 Å². The maximum absolute atomic E-state index is 12.8. The summed E-state index contributed by atoms with van der Waals surface area (Å²) in [6.07, 6.45) is -0.172. The second-order valence-electron chi connectivity index (χ2n) is 8.34. The Balaban J connectivity index is 1.41. The Morgan fingerprint density at radius 2 is 1.82 bits per heavy atom. The summed E-state index contributed by atoms with van der Waals surface area (Å²) < 4.78 is 19.2. The number of esters is 1. The molecular weight excluding hydrogens is 420 g/mol. The van der Waals surface area contributed by atoms with E-state index in [9.17, 15) is 9.59 Å². The standard InChI is InChI=1S/C26H28N2O5/c1-17-12-22(23(29)16-32-26(30)19-8-7-9-20(13-19)27(3)4)18(2)28(17)14-21-15-31-24-10-5-6-11-25(24)33-21/h5-13,21H,14-16H2,1-4H3. The normalized spacial score (nSPS) is 14.6. The molecule has 1 aliphatic heterocycles.